The third kappa shape index (κ3) is 5.14. The molecular weight excluding hydrogens is 349 g/mol. The summed E-state index contributed by atoms with van der Waals surface area (Å²) in [5.74, 6) is -0.155. The van der Waals surface area contributed by atoms with Crippen LogP contribution in [0.3, 0.4) is 0 Å². The lowest BCUT2D eigenvalue weighted by Gasteiger charge is -2.22. The van der Waals surface area contributed by atoms with Gasteiger partial charge in [-0.25, -0.2) is 4.98 Å². The van der Waals surface area contributed by atoms with Gasteiger partial charge in [0.2, 0.25) is 0 Å². The van der Waals surface area contributed by atoms with Crippen molar-refractivity contribution in [3.63, 3.8) is 0 Å². The Morgan fingerprint density at radius 2 is 2.00 bits per heavy atom. The van der Waals surface area contributed by atoms with Crippen LogP contribution in [-0.2, 0) is 10.9 Å². The number of aromatic nitrogens is 1. The highest BCUT2D eigenvalue weighted by molar-refractivity contribution is 9.10. The van der Waals surface area contributed by atoms with E-state index in [0.29, 0.717) is 17.6 Å². The van der Waals surface area contributed by atoms with Crippen LogP contribution in [0.15, 0.2) is 16.7 Å². The summed E-state index contributed by atoms with van der Waals surface area (Å²) in [6, 6.07) is 1.03. The fourth-order valence-electron chi connectivity index (χ4n) is 2.42. The van der Waals surface area contributed by atoms with E-state index in [1.54, 1.807) is 0 Å². The quantitative estimate of drug-likeness (QED) is 0.771. The molecule has 1 aliphatic rings. The maximum atomic E-state index is 12.9. The Labute approximate surface area is 130 Å². The molecule has 0 atom stereocenters. The van der Waals surface area contributed by atoms with Crippen molar-refractivity contribution in [1.29, 1.82) is 0 Å². The van der Waals surface area contributed by atoms with Gasteiger partial charge in [0.15, 0.2) is 0 Å². The topological polar surface area (TPSA) is 34.2 Å². The van der Waals surface area contributed by atoms with Gasteiger partial charge in [-0.1, -0.05) is 19.3 Å². The molecule has 0 unspecified atom stereocenters. The van der Waals surface area contributed by atoms with Crippen molar-refractivity contribution < 1.29 is 17.9 Å². The standard InChI is InChI=1S/C14H18BrF3N2O/c15-10-8-12(14(16,17)18)13(20-9-10)19-6-7-21-11-4-2-1-3-5-11/h8-9,11H,1-7H2,(H,19,20). The highest BCUT2D eigenvalue weighted by Crippen LogP contribution is 2.35. The van der Waals surface area contributed by atoms with Crippen molar-refractivity contribution in [2.24, 2.45) is 0 Å². The lowest BCUT2D eigenvalue weighted by molar-refractivity contribution is -0.137. The van der Waals surface area contributed by atoms with Crippen LogP contribution in [-0.4, -0.2) is 24.2 Å². The monoisotopic (exact) mass is 366 g/mol. The average molecular weight is 367 g/mol. The number of nitrogens with one attached hydrogen (secondary N) is 1. The van der Waals surface area contributed by atoms with E-state index in [-0.39, 0.29) is 11.9 Å². The maximum absolute atomic E-state index is 12.9. The summed E-state index contributed by atoms with van der Waals surface area (Å²) in [6.07, 6.45) is 2.85. The molecule has 0 aromatic carbocycles. The molecule has 0 bridgehead atoms. The van der Waals surface area contributed by atoms with Gasteiger partial charge in [-0.15, -0.1) is 0 Å². The second-order valence-corrected chi connectivity index (χ2v) is 6.02. The molecule has 21 heavy (non-hydrogen) atoms. The van der Waals surface area contributed by atoms with Gasteiger partial charge in [0, 0.05) is 17.2 Å². The highest BCUT2D eigenvalue weighted by atomic mass is 79.9. The Bertz CT molecular complexity index is 462. The molecule has 2 rings (SSSR count). The van der Waals surface area contributed by atoms with E-state index in [4.69, 9.17) is 4.74 Å². The van der Waals surface area contributed by atoms with Crippen LogP contribution in [0.1, 0.15) is 37.7 Å². The fraction of sp³-hybridized carbons (Fsp3) is 0.643. The molecule has 0 amide bonds. The third-order valence-corrected chi connectivity index (χ3v) is 3.89. The summed E-state index contributed by atoms with van der Waals surface area (Å²) in [5.41, 5.74) is -0.769. The maximum Gasteiger partial charge on any atom is 0.419 e. The first-order valence-electron chi connectivity index (χ1n) is 7.05. The van der Waals surface area contributed by atoms with E-state index >= 15 is 0 Å². The summed E-state index contributed by atoms with van der Waals surface area (Å²) < 4.78 is 44.7. The number of anilines is 1. The van der Waals surface area contributed by atoms with Crippen molar-refractivity contribution in [1.82, 2.24) is 4.98 Å². The van der Waals surface area contributed by atoms with E-state index in [9.17, 15) is 13.2 Å². The molecule has 1 aliphatic carbocycles. The SMILES string of the molecule is FC(F)(F)c1cc(Br)cnc1NCCOC1CCCCC1. The van der Waals surface area contributed by atoms with Crippen molar-refractivity contribution >= 4 is 21.7 Å². The molecule has 0 spiro atoms. The lowest BCUT2D eigenvalue weighted by atomic mass is 9.98. The molecule has 1 heterocycles. The summed E-state index contributed by atoms with van der Waals surface area (Å²) in [5, 5.41) is 2.71. The molecule has 118 valence electrons. The number of alkyl halides is 3. The van der Waals surface area contributed by atoms with Gasteiger partial charge in [-0.2, -0.15) is 13.2 Å². The highest BCUT2D eigenvalue weighted by Gasteiger charge is 2.34. The van der Waals surface area contributed by atoms with E-state index in [0.717, 1.165) is 18.9 Å². The number of rotatable bonds is 5. The van der Waals surface area contributed by atoms with Crippen LogP contribution in [0.25, 0.3) is 0 Å². The van der Waals surface area contributed by atoms with Crippen molar-refractivity contribution in [3.05, 3.63) is 22.3 Å². The first-order chi connectivity index (χ1) is 9.97. The van der Waals surface area contributed by atoms with Crippen LogP contribution < -0.4 is 5.32 Å². The summed E-state index contributed by atoms with van der Waals surface area (Å²) >= 11 is 3.01. The van der Waals surface area contributed by atoms with Gasteiger partial charge in [-0.05, 0) is 34.8 Å². The molecule has 1 aromatic rings. The summed E-state index contributed by atoms with van der Waals surface area (Å²) in [6.45, 7) is 0.702. The molecule has 3 nitrogen and oxygen atoms in total. The lowest BCUT2D eigenvalue weighted by Crippen LogP contribution is -2.21. The number of ether oxygens (including phenoxy) is 1. The summed E-state index contributed by atoms with van der Waals surface area (Å²) in [7, 11) is 0. The molecule has 1 saturated carbocycles. The number of hydrogen-bond donors (Lipinski definition) is 1. The predicted molar refractivity (Wildman–Crippen MR) is 78.3 cm³/mol. The largest absolute Gasteiger partial charge is 0.419 e. The van der Waals surface area contributed by atoms with Crippen molar-refractivity contribution in [2.75, 3.05) is 18.5 Å². The van der Waals surface area contributed by atoms with Gasteiger partial charge in [-0.3, -0.25) is 0 Å². The average Bonchev–Trinajstić information content (AvgIpc) is 2.45. The Morgan fingerprint density at radius 1 is 1.29 bits per heavy atom. The minimum Gasteiger partial charge on any atom is -0.376 e. The number of nitrogens with zero attached hydrogens (tertiary/aromatic N) is 1. The van der Waals surface area contributed by atoms with E-state index in [2.05, 4.69) is 26.2 Å². The number of halogens is 4. The molecule has 1 N–H and O–H groups in total. The van der Waals surface area contributed by atoms with Gasteiger partial charge in [0.05, 0.1) is 18.3 Å². The third-order valence-electron chi connectivity index (χ3n) is 3.46. The van der Waals surface area contributed by atoms with Crippen molar-refractivity contribution in [2.45, 2.75) is 44.4 Å². The Hall–Kier alpha value is -0.820. The fourth-order valence-corrected chi connectivity index (χ4v) is 2.75. The molecular formula is C14H18BrF3N2O. The molecule has 1 fully saturated rings. The molecule has 1 aromatic heterocycles. The Balaban J connectivity index is 1.85. The Kier molecular flexibility index (Phi) is 5.87. The molecule has 0 saturated heterocycles. The van der Waals surface area contributed by atoms with Crippen LogP contribution in [0.4, 0.5) is 19.0 Å². The normalized spacial score (nSPS) is 17.0. The van der Waals surface area contributed by atoms with Crippen LogP contribution in [0.5, 0.6) is 0 Å². The number of pyridine rings is 1. The van der Waals surface area contributed by atoms with Gasteiger partial charge in [0.25, 0.3) is 0 Å². The van der Waals surface area contributed by atoms with E-state index in [1.165, 1.54) is 25.5 Å². The minimum absolute atomic E-state index is 0.155. The van der Waals surface area contributed by atoms with Crippen LogP contribution in [0.2, 0.25) is 0 Å². The zero-order chi connectivity index (χ0) is 15.3. The minimum atomic E-state index is -4.43. The van der Waals surface area contributed by atoms with Crippen LogP contribution in [0, 0.1) is 0 Å². The smallest absolute Gasteiger partial charge is 0.376 e. The van der Waals surface area contributed by atoms with Crippen LogP contribution >= 0.6 is 15.9 Å². The van der Waals surface area contributed by atoms with Gasteiger partial charge in [0.1, 0.15) is 5.82 Å². The second-order valence-electron chi connectivity index (χ2n) is 5.11. The van der Waals surface area contributed by atoms with E-state index < -0.39 is 11.7 Å². The van der Waals surface area contributed by atoms with E-state index in [1.807, 2.05) is 0 Å². The molecule has 0 radical (unpaired) electrons. The zero-order valence-corrected chi connectivity index (χ0v) is 13.1. The van der Waals surface area contributed by atoms with Crippen molar-refractivity contribution in [3.8, 4) is 0 Å². The molecule has 0 aliphatic heterocycles. The Morgan fingerprint density at radius 3 is 2.67 bits per heavy atom. The predicted octanol–water partition coefficient (Wildman–Crippen LogP) is 4.62. The first kappa shape index (κ1) is 16.5. The summed E-state index contributed by atoms with van der Waals surface area (Å²) in [4.78, 5) is 3.80. The van der Waals surface area contributed by atoms with Gasteiger partial charge >= 0.3 is 6.18 Å². The zero-order valence-electron chi connectivity index (χ0n) is 11.5. The molecule has 7 heteroatoms. The first-order valence-corrected chi connectivity index (χ1v) is 7.84. The van der Waals surface area contributed by atoms with Gasteiger partial charge < -0.3 is 10.1 Å². The second kappa shape index (κ2) is 7.45. The number of hydrogen-bond acceptors (Lipinski definition) is 3.